The van der Waals surface area contributed by atoms with E-state index in [4.69, 9.17) is 0 Å². The van der Waals surface area contributed by atoms with Crippen LogP contribution in [0.25, 0.3) is 0 Å². The summed E-state index contributed by atoms with van der Waals surface area (Å²) in [5, 5.41) is 16.8. The first kappa shape index (κ1) is 8.67. The second kappa shape index (κ2) is 3.09. The van der Waals surface area contributed by atoms with Crippen LogP contribution in [0.15, 0.2) is 6.07 Å². The number of nitrogens with zero attached hydrogens (tertiary/aromatic N) is 3. The Morgan fingerprint density at radius 3 is 2.93 bits per heavy atom. The van der Waals surface area contributed by atoms with Crippen molar-refractivity contribution in [2.75, 3.05) is 5.32 Å². The van der Waals surface area contributed by atoms with Crippen molar-refractivity contribution in [3.05, 3.63) is 16.2 Å². The van der Waals surface area contributed by atoms with Crippen LogP contribution in [0.2, 0.25) is 0 Å². The van der Waals surface area contributed by atoms with Crippen molar-refractivity contribution in [2.45, 2.75) is 18.9 Å². The van der Waals surface area contributed by atoms with Crippen LogP contribution in [0, 0.1) is 10.1 Å². The molecule has 1 aromatic heterocycles. The standard InChI is InChI=1S/C7H8N4O3/c12-4-8-6-3-7(11(13)14)10(9-6)5-1-2-5/h3-5H,1-2H2,(H,8,9,12). The van der Waals surface area contributed by atoms with Gasteiger partial charge in [0.2, 0.25) is 6.41 Å². The summed E-state index contributed by atoms with van der Waals surface area (Å²) in [7, 11) is 0. The fourth-order valence-corrected chi connectivity index (χ4v) is 1.24. The zero-order valence-corrected chi connectivity index (χ0v) is 7.21. The van der Waals surface area contributed by atoms with Crippen molar-refractivity contribution >= 4 is 18.0 Å². The smallest absolute Gasteiger partial charge is 0.347 e. The third-order valence-electron chi connectivity index (χ3n) is 2.00. The Hall–Kier alpha value is -1.92. The summed E-state index contributed by atoms with van der Waals surface area (Å²) in [5.41, 5.74) is 0. The van der Waals surface area contributed by atoms with Crippen molar-refractivity contribution in [3.8, 4) is 0 Å². The second-order valence-corrected chi connectivity index (χ2v) is 3.08. The zero-order valence-electron chi connectivity index (χ0n) is 7.21. The lowest BCUT2D eigenvalue weighted by Gasteiger charge is -1.94. The molecule has 0 aliphatic heterocycles. The number of rotatable bonds is 4. The first-order valence-electron chi connectivity index (χ1n) is 4.16. The number of anilines is 1. The van der Waals surface area contributed by atoms with Crippen molar-refractivity contribution in [1.82, 2.24) is 9.78 Å². The molecule has 1 N–H and O–H groups in total. The zero-order chi connectivity index (χ0) is 10.1. The summed E-state index contributed by atoms with van der Waals surface area (Å²) in [5.74, 6) is 0.149. The largest absolute Gasteiger partial charge is 0.358 e. The van der Waals surface area contributed by atoms with E-state index in [1.165, 1.54) is 10.7 Å². The minimum Gasteiger partial charge on any atom is -0.358 e. The summed E-state index contributed by atoms with van der Waals surface area (Å²) in [6.45, 7) is 0. The fourth-order valence-electron chi connectivity index (χ4n) is 1.24. The number of nitro groups is 1. The van der Waals surface area contributed by atoms with E-state index in [1.54, 1.807) is 0 Å². The molecular formula is C7H8N4O3. The molecule has 1 aliphatic carbocycles. The van der Waals surface area contributed by atoms with Gasteiger partial charge in [-0.05, 0) is 17.8 Å². The summed E-state index contributed by atoms with van der Waals surface area (Å²) < 4.78 is 1.35. The molecule has 1 heterocycles. The van der Waals surface area contributed by atoms with E-state index in [-0.39, 0.29) is 17.7 Å². The van der Waals surface area contributed by atoms with Gasteiger partial charge in [0.25, 0.3) is 0 Å². The SMILES string of the molecule is O=CNc1cc([N+](=O)[O-])n(C2CC2)n1. The van der Waals surface area contributed by atoms with E-state index in [0.29, 0.717) is 6.41 Å². The third-order valence-corrected chi connectivity index (χ3v) is 2.00. The Labute approximate surface area is 78.9 Å². The Morgan fingerprint density at radius 2 is 2.43 bits per heavy atom. The van der Waals surface area contributed by atoms with Crippen LogP contribution in [0.5, 0.6) is 0 Å². The highest BCUT2D eigenvalue weighted by Crippen LogP contribution is 2.38. The lowest BCUT2D eigenvalue weighted by Crippen LogP contribution is -2.02. The van der Waals surface area contributed by atoms with Crippen molar-refractivity contribution in [1.29, 1.82) is 0 Å². The molecule has 0 aromatic carbocycles. The topological polar surface area (TPSA) is 90.1 Å². The number of hydrogen-bond acceptors (Lipinski definition) is 4. The van der Waals surface area contributed by atoms with Gasteiger partial charge in [0.05, 0.1) is 6.07 Å². The number of carbonyl (C=O) groups is 1. The number of amides is 1. The fraction of sp³-hybridized carbons (Fsp3) is 0.429. The summed E-state index contributed by atoms with van der Waals surface area (Å²) in [6, 6.07) is 1.38. The molecule has 0 spiro atoms. The quantitative estimate of drug-likeness (QED) is 0.436. The molecule has 2 rings (SSSR count). The highest BCUT2D eigenvalue weighted by Gasteiger charge is 2.34. The van der Waals surface area contributed by atoms with Crippen molar-refractivity contribution in [2.24, 2.45) is 0 Å². The van der Waals surface area contributed by atoms with E-state index in [2.05, 4.69) is 10.4 Å². The van der Waals surface area contributed by atoms with E-state index in [1.807, 2.05) is 0 Å². The molecule has 1 amide bonds. The van der Waals surface area contributed by atoms with E-state index in [0.717, 1.165) is 12.8 Å². The van der Waals surface area contributed by atoms with Gasteiger partial charge in [0.1, 0.15) is 6.04 Å². The highest BCUT2D eigenvalue weighted by molar-refractivity contribution is 5.69. The Kier molecular flexibility index (Phi) is 1.91. The molecule has 0 bridgehead atoms. The predicted octanol–water partition coefficient (Wildman–Crippen LogP) is 0.694. The van der Waals surface area contributed by atoms with Gasteiger partial charge in [-0.1, -0.05) is 5.10 Å². The number of carbonyl (C=O) groups excluding carboxylic acids is 1. The number of aromatic nitrogens is 2. The van der Waals surface area contributed by atoms with Gasteiger partial charge in [0.15, 0.2) is 5.82 Å². The van der Waals surface area contributed by atoms with Crippen LogP contribution in [0.4, 0.5) is 11.6 Å². The van der Waals surface area contributed by atoms with Gasteiger partial charge in [-0.3, -0.25) is 4.79 Å². The maximum Gasteiger partial charge on any atom is 0.347 e. The molecule has 7 nitrogen and oxygen atoms in total. The van der Waals surface area contributed by atoms with Crippen molar-refractivity contribution in [3.63, 3.8) is 0 Å². The lowest BCUT2D eigenvalue weighted by atomic mass is 10.5. The third kappa shape index (κ3) is 1.43. The minimum atomic E-state index is -0.499. The van der Waals surface area contributed by atoms with E-state index in [9.17, 15) is 14.9 Å². The number of hydrogen-bond donors (Lipinski definition) is 1. The highest BCUT2D eigenvalue weighted by atomic mass is 16.6. The molecule has 1 aliphatic rings. The summed E-state index contributed by atoms with van der Waals surface area (Å²) in [6.07, 6.45) is 2.26. The van der Waals surface area contributed by atoms with Crippen molar-refractivity contribution < 1.29 is 9.72 Å². The van der Waals surface area contributed by atoms with Gasteiger partial charge < -0.3 is 15.4 Å². The lowest BCUT2D eigenvalue weighted by molar-refractivity contribution is -0.392. The van der Waals surface area contributed by atoms with Crippen LogP contribution < -0.4 is 5.32 Å². The normalized spacial score (nSPS) is 15.1. The van der Waals surface area contributed by atoms with Crippen LogP contribution in [-0.4, -0.2) is 21.1 Å². The Balaban J connectivity index is 2.34. The Morgan fingerprint density at radius 1 is 1.71 bits per heavy atom. The van der Waals surface area contributed by atoms with Crippen LogP contribution in [-0.2, 0) is 4.79 Å². The van der Waals surface area contributed by atoms with Gasteiger partial charge >= 0.3 is 5.82 Å². The maximum absolute atomic E-state index is 10.6. The molecule has 1 saturated carbocycles. The summed E-state index contributed by atoms with van der Waals surface area (Å²) >= 11 is 0. The Bertz CT molecular complexity index is 382. The summed E-state index contributed by atoms with van der Waals surface area (Å²) in [4.78, 5) is 20.2. The molecule has 0 saturated heterocycles. The van der Waals surface area contributed by atoms with Crippen LogP contribution >= 0.6 is 0 Å². The average Bonchev–Trinajstić information content (AvgIpc) is 2.88. The van der Waals surface area contributed by atoms with Gasteiger partial charge in [-0.15, -0.1) is 4.68 Å². The first-order chi connectivity index (χ1) is 6.72. The monoisotopic (exact) mass is 196 g/mol. The van der Waals surface area contributed by atoms with Crippen LogP contribution in [0.1, 0.15) is 18.9 Å². The minimum absolute atomic E-state index is 0.0724. The number of nitrogens with one attached hydrogen (secondary N) is 1. The van der Waals surface area contributed by atoms with Gasteiger partial charge in [0, 0.05) is 0 Å². The van der Waals surface area contributed by atoms with Gasteiger partial charge in [-0.25, -0.2) is 0 Å². The van der Waals surface area contributed by atoms with Crippen LogP contribution in [0.3, 0.4) is 0 Å². The first-order valence-corrected chi connectivity index (χ1v) is 4.16. The molecule has 0 unspecified atom stereocenters. The molecule has 14 heavy (non-hydrogen) atoms. The molecule has 74 valence electrons. The molecule has 0 radical (unpaired) electrons. The van der Waals surface area contributed by atoms with E-state index < -0.39 is 4.92 Å². The molecular weight excluding hydrogens is 188 g/mol. The van der Waals surface area contributed by atoms with E-state index >= 15 is 0 Å². The molecule has 0 atom stereocenters. The van der Waals surface area contributed by atoms with Gasteiger partial charge in [-0.2, -0.15) is 0 Å². The molecule has 1 fully saturated rings. The maximum atomic E-state index is 10.6. The average molecular weight is 196 g/mol. The molecule has 1 aromatic rings. The predicted molar refractivity (Wildman–Crippen MR) is 46.8 cm³/mol. The second-order valence-electron chi connectivity index (χ2n) is 3.08. The molecule has 7 heteroatoms.